The molecule has 0 aliphatic rings. The molecule has 0 bridgehead atoms. The highest BCUT2D eigenvalue weighted by molar-refractivity contribution is 5.90. The van der Waals surface area contributed by atoms with Crippen molar-refractivity contribution in [1.29, 1.82) is 0 Å². The summed E-state index contributed by atoms with van der Waals surface area (Å²) in [5, 5.41) is 26.4. The first-order valence-corrected chi connectivity index (χ1v) is 16.5. The van der Waals surface area contributed by atoms with Gasteiger partial charge in [0.1, 0.15) is 5.54 Å². The maximum atomic E-state index is 11.7. The number of carbonyl (C=O) groups is 2. The van der Waals surface area contributed by atoms with Gasteiger partial charge in [-0.3, -0.25) is 4.79 Å². The molecular formula is C42H34N6O3. The number of nitrogens with zero attached hydrogens (tertiary/aromatic N) is 4. The fraction of sp³-hybridized carbons (Fsp3) is 0.0714. The Morgan fingerprint density at radius 1 is 0.686 bits per heavy atom. The molecule has 0 radical (unpaired) electrons. The second-order valence-corrected chi connectivity index (χ2v) is 12.1. The van der Waals surface area contributed by atoms with Crippen LogP contribution in [0.2, 0.25) is 0 Å². The minimum Gasteiger partial charge on any atom is -0.478 e. The molecule has 0 aliphatic heterocycles. The van der Waals surface area contributed by atoms with E-state index in [2.05, 4.69) is 58.1 Å². The van der Waals surface area contributed by atoms with Crippen LogP contribution in [-0.2, 0) is 23.3 Å². The first-order chi connectivity index (χ1) is 24.9. The molecule has 0 spiro atoms. The predicted molar refractivity (Wildman–Crippen MR) is 197 cm³/mol. The first kappa shape index (κ1) is 32.7. The van der Waals surface area contributed by atoms with E-state index in [1.54, 1.807) is 6.07 Å². The number of hydrogen-bond donors (Lipinski definition) is 3. The number of anilines is 1. The number of carbonyl (C=O) groups excluding carboxylic acids is 1. The Morgan fingerprint density at radius 3 is 1.78 bits per heavy atom. The molecule has 0 unspecified atom stereocenters. The summed E-state index contributed by atoms with van der Waals surface area (Å²) in [4.78, 5) is 23.3. The third-order valence-electron chi connectivity index (χ3n) is 9.00. The van der Waals surface area contributed by atoms with Gasteiger partial charge in [0.2, 0.25) is 5.91 Å². The van der Waals surface area contributed by atoms with Crippen molar-refractivity contribution in [2.24, 2.45) is 5.73 Å². The molecule has 9 nitrogen and oxygen atoms in total. The summed E-state index contributed by atoms with van der Waals surface area (Å²) in [5.41, 5.74) is 12.6. The Kier molecular flexibility index (Phi) is 9.17. The average Bonchev–Trinajstić information content (AvgIpc) is 3.66. The van der Waals surface area contributed by atoms with Gasteiger partial charge in [-0.15, -0.1) is 5.10 Å². The number of tetrazole rings is 1. The first-order valence-electron chi connectivity index (χ1n) is 16.5. The topological polar surface area (TPSA) is 136 Å². The van der Waals surface area contributed by atoms with Gasteiger partial charge in [0.25, 0.3) is 0 Å². The molecule has 7 rings (SSSR count). The molecule has 250 valence electrons. The number of aromatic nitrogens is 4. The smallest absolute Gasteiger partial charge is 0.335 e. The summed E-state index contributed by atoms with van der Waals surface area (Å²) in [6.45, 7) is 0.406. The van der Waals surface area contributed by atoms with Gasteiger partial charge in [-0.25, -0.2) is 9.48 Å². The lowest BCUT2D eigenvalue weighted by Gasteiger charge is -2.36. The Labute approximate surface area is 295 Å². The monoisotopic (exact) mass is 670 g/mol. The molecule has 4 N–H and O–H groups in total. The summed E-state index contributed by atoms with van der Waals surface area (Å²) in [6.07, 6.45) is -0.00245. The molecule has 51 heavy (non-hydrogen) atoms. The van der Waals surface area contributed by atoms with Crippen molar-refractivity contribution < 1.29 is 14.7 Å². The van der Waals surface area contributed by atoms with Crippen molar-refractivity contribution in [3.8, 4) is 22.5 Å². The minimum atomic E-state index is -1.05. The van der Waals surface area contributed by atoms with Crippen LogP contribution < -0.4 is 11.1 Å². The van der Waals surface area contributed by atoms with Crippen LogP contribution in [0.3, 0.4) is 0 Å². The lowest BCUT2D eigenvalue weighted by Crippen LogP contribution is -2.39. The van der Waals surface area contributed by atoms with Crippen molar-refractivity contribution in [2.45, 2.75) is 18.5 Å². The number of rotatable bonds is 12. The summed E-state index contributed by atoms with van der Waals surface area (Å²) >= 11 is 0. The minimum absolute atomic E-state index is 0.00245. The zero-order chi connectivity index (χ0) is 35.2. The van der Waals surface area contributed by atoms with Crippen LogP contribution in [0.1, 0.15) is 38.2 Å². The highest BCUT2D eigenvalue weighted by Gasteiger charge is 2.42. The molecule has 1 amide bonds. The molecule has 1 aromatic heterocycles. The van der Waals surface area contributed by atoms with Crippen LogP contribution in [0.25, 0.3) is 22.5 Å². The second kappa shape index (κ2) is 14.3. The van der Waals surface area contributed by atoms with E-state index >= 15 is 0 Å². The van der Waals surface area contributed by atoms with Crippen LogP contribution in [0, 0.1) is 0 Å². The van der Waals surface area contributed by atoms with Crippen molar-refractivity contribution in [1.82, 2.24) is 20.2 Å². The number of carboxylic acids is 1. The van der Waals surface area contributed by atoms with Gasteiger partial charge >= 0.3 is 5.97 Å². The number of aromatic carboxylic acids is 1. The number of carboxylic acid groups (broad SMARTS) is 1. The maximum absolute atomic E-state index is 11.7. The third kappa shape index (κ3) is 6.48. The molecular weight excluding hydrogens is 637 g/mol. The van der Waals surface area contributed by atoms with Gasteiger partial charge in [-0.1, -0.05) is 146 Å². The third-order valence-corrected chi connectivity index (χ3v) is 9.00. The van der Waals surface area contributed by atoms with Gasteiger partial charge in [-0.05, 0) is 61.5 Å². The molecule has 6 aromatic carbocycles. The molecule has 0 atom stereocenters. The van der Waals surface area contributed by atoms with E-state index in [0.717, 1.165) is 38.9 Å². The largest absolute Gasteiger partial charge is 0.478 e. The van der Waals surface area contributed by atoms with Crippen LogP contribution in [0.15, 0.2) is 158 Å². The Bertz CT molecular complexity index is 2190. The van der Waals surface area contributed by atoms with Gasteiger partial charge in [0, 0.05) is 17.8 Å². The number of nitrogens with one attached hydrogen (secondary N) is 1. The highest BCUT2D eigenvalue weighted by atomic mass is 16.4. The molecule has 0 saturated heterocycles. The SMILES string of the molecule is NC(=O)Cc1ccc(C(=O)O)cc1NCc1ccc(-c2ccccc2-c2nnnn2C(c2ccccc2)(c2ccccc2)c2ccccc2)cc1. The Morgan fingerprint density at radius 2 is 1.24 bits per heavy atom. The zero-order valence-electron chi connectivity index (χ0n) is 27.6. The quantitative estimate of drug-likeness (QED) is 0.117. The van der Waals surface area contributed by atoms with Crippen molar-refractivity contribution >= 4 is 17.6 Å². The van der Waals surface area contributed by atoms with Crippen LogP contribution in [-0.4, -0.2) is 37.2 Å². The van der Waals surface area contributed by atoms with Gasteiger partial charge in [0.05, 0.1) is 12.0 Å². The molecule has 1 heterocycles. The molecule has 9 heteroatoms. The van der Waals surface area contributed by atoms with E-state index in [9.17, 15) is 14.7 Å². The van der Waals surface area contributed by atoms with Crippen LogP contribution >= 0.6 is 0 Å². The summed E-state index contributed by atoms with van der Waals surface area (Å²) < 4.78 is 1.93. The fourth-order valence-electron chi connectivity index (χ4n) is 6.63. The van der Waals surface area contributed by atoms with Gasteiger partial charge in [-0.2, -0.15) is 0 Å². The van der Waals surface area contributed by atoms with E-state index in [0.29, 0.717) is 23.6 Å². The second-order valence-electron chi connectivity index (χ2n) is 12.1. The van der Waals surface area contributed by atoms with E-state index in [-0.39, 0.29) is 12.0 Å². The van der Waals surface area contributed by atoms with Gasteiger partial charge < -0.3 is 16.2 Å². The zero-order valence-corrected chi connectivity index (χ0v) is 27.6. The van der Waals surface area contributed by atoms with E-state index < -0.39 is 17.4 Å². The molecule has 0 fully saturated rings. The van der Waals surface area contributed by atoms with Crippen molar-refractivity contribution in [3.05, 3.63) is 191 Å². The fourth-order valence-corrected chi connectivity index (χ4v) is 6.63. The number of amides is 1. The van der Waals surface area contributed by atoms with E-state index in [4.69, 9.17) is 10.9 Å². The summed E-state index contributed by atoms with van der Waals surface area (Å²) in [5.74, 6) is -0.941. The molecule has 0 saturated carbocycles. The standard InChI is InChI=1S/C42H34N6O3/c43-39(49)27-31-24-25-32(41(50)51)26-38(31)44-28-29-20-22-30(23-21-29)36-18-10-11-19-37(36)40-45-46-47-48(40)42(33-12-4-1-5-13-33,34-14-6-2-7-15-34)35-16-8-3-9-17-35/h1-26,44H,27-28H2,(H2,43,49)(H,50,51). The Hall–Kier alpha value is -6.87. The normalized spacial score (nSPS) is 11.2. The lowest BCUT2D eigenvalue weighted by atomic mass is 9.77. The average molecular weight is 671 g/mol. The predicted octanol–water partition coefficient (Wildman–Crippen LogP) is 7.19. The van der Waals surface area contributed by atoms with E-state index in [1.807, 2.05) is 102 Å². The lowest BCUT2D eigenvalue weighted by molar-refractivity contribution is -0.117. The van der Waals surface area contributed by atoms with Crippen molar-refractivity contribution in [2.75, 3.05) is 5.32 Å². The summed E-state index contributed by atoms with van der Waals surface area (Å²) in [6, 6.07) is 51.7. The number of primary amides is 1. The van der Waals surface area contributed by atoms with Crippen LogP contribution in [0.5, 0.6) is 0 Å². The highest BCUT2D eigenvalue weighted by Crippen LogP contribution is 2.43. The Balaban J connectivity index is 1.28. The van der Waals surface area contributed by atoms with E-state index in [1.165, 1.54) is 12.1 Å². The molecule has 7 aromatic rings. The molecule has 0 aliphatic carbocycles. The summed E-state index contributed by atoms with van der Waals surface area (Å²) in [7, 11) is 0. The number of hydrogen-bond acceptors (Lipinski definition) is 6. The van der Waals surface area contributed by atoms with Crippen LogP contribution in [0.4, 0.5) is 5.69 Å². The van der Waals surface area contributed by atoms with Gasteiger partial charge in [0.15, 0.2) is 5.82 Å². The maximum Gasteiger partial charge on any atom is 0.335 e. The number of nitrogens with two attached hydrogens (primary N) is 1. The number of benzene rings is 6. The van der Waals surface area contributed by atoms with Crippen molar-refractivity contribution in [3.63, 3.8) is 0 Å².